The van der Waals surface area contributed by atoms with Crippen LogP contribution in [0.4, 0.5) is 0 Å². The van der Waals surface area contributed by atoms with Gasteiger partial charge in [-0.1, -0.05) is 29.4 Å². The minimum atomic E-state index is -0.687. The van der Waals surface area contributed by atoms with Gasteiger partial charge < -0.3 is 19.1 Å². The highest BCUT2D eigenvalue weighted by Crippen LogP contribution is 2.39. The van der Waals surface area contributed by atoms with Crippen molar-refractivity contribution in [2.24, 2.45) is 0 Å². The molecule has 2 aromatic carbocycles. The Kier molecular flexibility index (Phi) is 5.02. The zero-order valence-corrected chi connectivity index (χ0v) is 16.2. The number of methoxy groups -OCH3 is 2. The van der Waals surface area contributed by atoms with Crippen LogP contribution in [0.15, 0.2) is 40.9 Å². The van der Waals surface area contributed by atoms with Crippen LogP contribution < -0.4 is 9.47 Å². The van der Waals surface area contributed by atoms with Crippen molar-refractivity contribution in [3.05, 3.63) is 59.0 Å². The number of benzene rings is 2. The summed E-state index contributed by atoms with van der Waals surface area (Å²) in [7, 11) is 3.23. The molecule has 4 rings (SSSR count). The molecule has 0 amide bonds. The van der Waals surface area contributed by atoms with E-state index in [4.69, 9.17) is 14.0 Å². The summed E-state index contributed by atoms with van der Waals surface area (Å²) >= 11 is 0. The molecule has 0 saturated carbocycles. The molecule has 1 aromatic heterocycles. The van der Waals surface area contributed by atoms with Crippen LogP contribution in [0.1, 0.15) is 28.7 Å². The van der Waals surface area contributed by atoms with Crippen molar-refractivity contribution in [1.82, 2.24) is 15.0 Å². The normalized spacial score (nSPS) is 16.6. The maximum absolute atomic E-state index is 10.7. The molecule has 28 heavy (non-hydrogen) atoms. The number of aromatic nitrogens is 2. The van der Waals surface area contributed by atoms with E-state index in [0.717, 1.165) is 28.0 Å². The summed E-state index contributed by atoms with van der Waals surface area (Å²) in [5, 5.41) is 14.8. The van der Waals surface area contributed by atoms with Crippen LogP contribution in [0.3, 0.4) is 0 Å². The first kappa shape index (κ1) is 18.5. The number of hydrogen-bond acceptors (Lipinski definition) is 7. The summed E-state index contributed by atoms with van der Waals surface area (Å²) in [5.41, 5.74) is 3.74. The van der Waals surface area contributed by atoms with Crippen LogP contribution >= 0.6 is 0 Å². The van der Waals surface area contributed by atoms with Gasteiger partial charge in [-0.2, -0.15) is 4.98 Å². The van der Waals surface area contributed by atoms with Crippen molar-refractivity contribution in [2.45, 2.75) is 26.1 Å². The molecule has 1 N–H and O–H groups in total. The van der Waals surface area contributed by atoms with Crippen molar-refractivity contribution in [2.75, 3.05) is 20.8 Å². The molecule has 3 aromatic rings. The molecule has 0 saturated heterocycles. The lowest BCUT2D eigenvalue weighted by Crippen LogP contribution is -2.33. The van der Waals surface area contributed by atoms with Gasteiger partial charge in [0.25, 0.3) is 0 Å². The van der Waals surface area contributed by atoms with Crippen LogP contribution in [-0.4, -0.2) is 40.9 Å². The third kappa shape index (κ3) is 3.34. The number of β-amino-alcohol motifs (C(OH)–C–C–N with tert-alkyl or cyclic N) is 1. The standard InChI is InChI=1S/C21H23N3O4/c1-13-6-4-5-7-14(13)21-22-19(28-23-21)12-24-10-15-17(26-2)8-9-18(27-3)20(15)16(25)11-24/h4-9,16,25H,10-12H2,1-3H3/t16-/m1/s1. The molecular weight excluding hydrogens is 358 g/mol. The molecule has 0 unspecified atom stereocenters. The summed E-state index contributed by atoms with van der Waals surface area (Å²) in [6.07, 6.45) is -0.687. The summed E-state index contributed by atoms with van der Waals surface area (Å²) in [4.78, 5) is 6.60. The number of aliphatic hydroxyl groups excluding tert-OH is 1. The van der Waals surface area contributed by atoms with E-state index in [1.165, 1.54) is 0 Å². The predicted octanol–water partition coefficient (Wildman–Crippen LogP) is 3.11. The van der Waals surface area contributed by atoms with Gasteiger partial charge in [-0.3, -0.25) is 4.90 Å². The van der Waals surface area contributed by atoms with E-state index in [-0.39, 0.29) is 0 Å². The Labute approximate surface area is 163 Å². The summed E-state index contributed by atoms with van der Waals surface area (Å²) in [5.74, 6) is 2.48. The van der Waals surface area contributed by atoms with Gasteiger partial charge in [0, 0.05) is 29.8 Å². The monoisotopic (exact) mass is 381 g/mol. The van der Waals surface area contributed by atoms with Gasteiger partial charge in [0.05, 0.1) is 26.9 Å². The third-order valence-corrected chi connectivity index (χ3v) is 5.07. The fourth-order valence-corrected chi connectivity index (χ4v) is 3.71. The number of fused-ring (bicyclic) bond motifs is 1. The van der Waals surface area contributed by atoms with Crippen LogP contribution in [0.2, 0.25) is 0 Å². The van der Waals surface area contributed by atoms with E-state index in [0.29, 0.717) is 37.1 Å². The van der Waals surface area contributed by atoms with Crippen LogP contribution in [0, 0.1) is 6.92 Å². The molecule has 7 heteroatoms. The van der Waals surface area contributed by atoms with E-state index >= 15 is 0 Å². The molecule has 1 aliphatic heterocycles. The zero-order chi connectivity index (χ0) is 19.7. The molecular formula is C21H23N3O4. The summed E-state index contributed by atoms with van der Waals surface area (Å²) in [6, 6.07) is 11.6. The second-order valence-electron chi connectivity index (χ2n) is 6.87. The van der Waals surface area contributed by atoms with E-state index < -0.39 is 6.10 Å². The lowest BCUT2D eigenvalue weighted by molar-refractivity contribution is 0.0779. The number of nitrogens with zero attached hydrogens (tertiary/aromatic N) is 3. The average Bonchev–Trinajstić information content (AvgIpc) is 3.15. The van der Waals surface area contributed by atoms with Gasteiger partial charge in [0.15, 0.2) is 0 Å². The Hall–Kier alpha value is -2.90. The maximum Gasteiger partial charge on any atom is 0.241 e. The van der Waals surface area contributed by atoms with Crippen molar-refractivity contribution in [1.29, 1.82) is 0 Å². The van der Waals surface area contributed by atoms with Gasteiger partial charge in [-0.25, -0.2) is 0 Å². The Morgan fingerprint density at radius 2 is 1.89 bits per heavy atom. The van der Waals surface area contributed by atoms with Crippen LogP contribution in [-0.2, 0) is 13.1 Å². The lowest BCUT2D eigenvalue weighted by atomic mass is 9.95. The Bertz CT molecular complexity index is 986. The maximum atomic E-state index is 10.7. The predicted molar refractivity (Wildman–Crippen MR) is 103 cm³/mol. The second kappa shape index (κ2) is 7.61. The summed E-state index contributed by atoms with van der Waals surface area (Å²) in [6.45, 7) is 3.49. The largest absolute Gasteiger partial charge is 0.496 e. The van der Waals surface area contributed by atoms with Crippen molar-refractivity contribution in [3.8, 4) is 22.9 Å². The Balaban J connectivity index is 1.58. The highest BCUT2D eigenvalue weighted by atomic mass is 16.5. The number of aliphatic hydroxyl groups is 1. The summed E-state index contributed by atoms with van der Waals surface area (Å²) < 4.78 is 16.4. The molecule has 0 aliphatic carbocycles. The van der Waals surface area contributed by atoms with Gasteiger partial charge in [-0.05, 0) is 24.6 Å². The molecule has 1 aliphatic rings. The van der Waals surface area contributed by atoms with E-state index in [1.807, 2.05) is 43.3 Å². The first-order valence-electron chi connectivity index (χ1n) is 9.13. The number of hydrogen-bond donors (Lipinski definition) is 1. The van der Waals surface area contributed by atoms with E-state index in [1.54, 1.807) is 14.2 Å². The van der Waals surface area contributed by atoms with E-state index in [2.05, 4.69) is 15.0 Å². The molecule has 0 radical (unpaired) electrons. The van der Waals surface area contributed by atoms with Gasteiger partial charge in [-0.15, -0.1) is 0 Å². The van der Waals surface area contributed by atoms with Gasteiger partial charge >= 0.3 is 0 Å². The minimum Gasteiger partial charge on any atom is -0.496 e. The second-order valence-corrected chi connectivity index (χ2v) is 6.87. The third-order valence-electron chi connectivity index (χ3n) is 5.07. The highest BCUT2D eigenvalue weighted by molar-refractivity contribution is 5.59. The number of aryl methyl sites for hydroxylation is 1. The zero-order valence-electron chi connectivity index (χ0n) is 16.2. The fourth-order valence-electron chi connectivity index (χ4n) is 3.71. The molecule has 0 bridgehead atoms. The van der Waals surface area contributed by atoms with Crippen LogP contribution in [0.5, 0.6) is 11.5 Å². The van der Waals surface area contributed by atoms with Crippen LogP contribution in [0.25, 0.3) is 11.4 Å². The van der Waals surface area contributed by atoms with Crippen molar-refractivity contribution < 1.29 is 19.1 Å². The van der Waals surface area contributed by atoms with Gasteiger partial charge in [0.2, 0.25) is 11.7 Å². The molecule has 2 heterocycles. The number of ether oxygens (including phenoxy) is 2. The molecule has 0 fully saturated rings. The number of rotatable bonds is 5. The topological polar surface area (TPSA) is 80.9 Å². The quantitative estimate of drug-likeness (QED) is 0.727. The smallest absolute Gasteiger partial charge is 0.241 e. The first-order valence-corrected chi connectivity index (χ1v) is 9.13. The molecule has 1 atom stereocenters. The Morgan fingerprint density at radius 1 is 1.14 bits per heavy atom. The van der Waals surface area contributed by atoms with Crippen molar-refractivity contribution in [3.63, 3.8) is 0 Å². The van der Waals surface area contributed by atoms with E-state index in [9.17, 15) is 5.11 Å². The van der Waals surface area contributed by atoms with Crippen molar-refractivity contribution >= 4 is 0 Å². The first-order chi connectivity index (χ1) is 13.6. The molecule has 7 nitrogen and oxygen atoms in total. The minimum absolute atomic E-state index is 0.440. The molecule has 146 valence electrons. The SMILES string of the molecule is COc1ccc(OC)c2c1CN(Cc1nc(-c3ccccc3C)no1)C[C@H]2O. The molecule has 0 spiro atoms. The average molecular weight is 381 g/mol. The van der Waals surface area contributed by atoms with Gasteiger partial charge in [0.1, 0.15) is 11.5 Å². The fraction of sp³-hybridized carbons (Fsp3) is 0.333. The Morgan fingerprint density at radius 3 is 2.64 bits per heavy atom. The highest BCUT2D eigenvalue weighted by Gasteiger charge is 2.30. The lowest BCUT2D eigenvalue weighted by Gasteiger charge is -2.33.